The molecular weight excluding hydrogens is 252 g/mol. The highest BCUT2D eigenvalue weighted by Crippen LogP contribution is 2.29. The summed E-state index contributed by atoms with van der Waals surface area (Å²) < 4.78 is 7.18. The number of benzene rings is 1. The van der Waals surface area contributed by atoms with Crippen LogP contribution in [0, 0.1) is 18.3 Å². The first-order chi connectivity index (χ1) is 9.72. The van der Waals surface area contributed by atoms with Crippen LogP contribution in [0.1, 0.15) is 11.1 Å². The molecule has 5 nitrogen and oxygen atoms in total. The fourth-order valence-corrected chi connectivity index (χ4v) is 2.14. The van der Waals surface area contributed by atoms with Crippen LogP contribution in [0.25, 0.3) is 17.0 Å². The lowest BCUT2D eigenvalue weighted by Gasteiger charge is -2.08. The van der Waals surface area contributed by atoms with Gasteiger partial charge in [0, 0.05) is 6.20 Å². The number of nitriles is 1. The number of nitrogens with zero attached hydrogens (tertiary/aromatic N) is 4. The maximum atomic E-state index is 9.01. The summed E-state index contributed by atoms with van der Waals surface area (Å²) in [4.78, 5) is 0. The van der Waals surface area contributed by atoms with Gasteiger partial charge in [0.1, 0.15) is 11.8 Å². The lowest BCUT2D eigenvalue weighted by atomic mass is 10.1. The number of aryl methyl sites for hydroxylation is 1. The van der Waals surface area contributed by atoms with Gasteiger partial charge in [-0.1, -0.05) is 11.6 Å². The van der Waals surface area contributed by atoms with E-state index >= 15 is 0 Å². The summed E-state index contributed by atoms with van der Waals surface area (Å²) in [5, 5.41) is 17.3. The number of aromatic nitrogens is 3. The molecule has 0 bridgehead atoms. The fourth-order valence-electron chi connectivity index (χ4n) is 2.14. The van der Waals surface area contributed by atoms with Crippen molar-refractivity contribution in [1.82, 2.24) is 14.6 Å². The summed E-state index contributed by atoms with van der Waals surface area (Å²) in [5.74, 6) is 1.39. The summed E-state index contributed by atoms with van der Waals surface area (Å²) in [7, 11) is 1.62. The first kappa shape index (κ1) is 12.2. The van der Waals surface area contributed by atoms with Crippen molar-refractivity contribution in [2.75, 3.05) is 7.11 Å². The fraction of sp³-hybridized carbons (Fsp3) is 0.133. The minimum atomic E-state index is 0.560. The molecule has 2 aromatic heterocycles. The van der Waals surface area contributed by atoms with E-state index in [-0.39, 0.29) is 0 Å². The van der Waals surface area contributed by atoms with Crippen LogP contribution in [-0.2, 0) is 0 Å². The normalized spacial score (nSPS) is 10.4. The number of fused-ring (bicyclic) bond motifs is 1. The smallest absolute Gasteiger partial charge is 0.172 e. The van der Waals surface area contributed by atoms with Crippen molar-refractivity contribution in [2.24, 2.45) is 0 Å². The molecule has 0 spiro atoms. The van der Waals surface area contributed by atoms with Crippen molar-refractivity contribution in [2.45, 2.75) is 6.92 Å². The second kappa shape index (κ2) is 4.67. The second-order valence-electron chi connectivity index (χ2n) is 4.49. The molecule has 1 aromatic carbocycles. The molecule has 0 N–H and O–H groups in total. The van der Waals surface area contributed by atoms with E-state index in [4.69, 9.17) is 10.00 Å². The Hall–Kier alpha value is -2.87. The van der Waals surface area contributed by atoms with E-state index in [1.165, 1.54) is 0 Å². The molecule has 0 aliphatic rings. The molecule has 0 atom stereocenters. The van der Waals surface area contributed by atoms with Crippen LogP contribution in [0.15, 0.2) is 36.5 Å². The van der Waals surface area contributed by atoms with Gasteiger partial charge in [-0.2, -0.15) is 5.26 Å². The minimum Gasteiger partial charge on any atom is -0.496 e. The molecule has 5 heteroatoms. The van der Waals surface area contributed by atoms with Crippen molar-refractivity contribution < 1.29 is 4.74 Å². The average molecular weight is 264 g/mol. The molecular formula is C15H12N4O. The number of hydrogen-bond acceptors (Lipinski definition) is 4. The van der Waals surface area contributed by atoms with Gasteiger partial charge in [0.2, 0.25) is 0 Å². The Kier molecular flexibility index (Phi) is 2.84. The molecule has 0 saturated carbocycles. The Bertz CT molecular complexity index is 829. The summed E-state index contributed by atoms with van der Waals surface area (Å²) in [5.41, 5.74) is 3.22. The van der Waals surface area contributed by atoms with Crippen molar-refractivity contribution in [3.05, 3.63) is 47.7 Å². The number of hydrogen-bond donors (Lipinski definition) is 0. The standard InChI is InChI=1S/C15H12N4O/c1-10-3-5-13(20-2)12(7-10)15-18-17-14-6-4-11(8-16)9-19(14)15/h3-7,9H,1-2H3. The van der Waals surface area contributed by atoms with Gasteiger partial charge in [-0.25, -0.2) is 0 Å². The number of rotatable bonds is 2. The summed E-state index contributed by atoms with van der Waals surface area (Å²) in [6.07, 6.45) is 1.73. The van der Waals surface area contributed by atoms with Gasteiger partial charge in [0.25, 0.3) is 0 Å². The monoisotopic (exact) mass is 264 g/mol. The van der Waals surface area contributed by atoms with Gasteiger partial charge in [-0.05, 0) is 31.2 Å². The van der Waals surface area contributed by atoms with Gasteiger partial charge >= 0.3 is 0 Å². The average Bonchev–Trinajstić information content (AvgIpc) is 2.89. The van der Waals surface area contributed by atoms with Gasteiger partial charge in [-0.3, -0.25) is 4.40 Å². The van der Waals surface area contributed by atoms with Crippen LogP contribution in [0.3, 0.4) is 0 Å². The molecule has 2 heterocycles. The van der Waals surface area contributed by atoms with Gasteiger partial charge in [-0.15, -0.1) is 10.2 Å². The minimum absolute atomic E-state index is 0.560. The van der Waals surface area contributed by atoms with Crippen molar-refractivity contribution in [1.29, 1.82) is 5.26 Å². The molecule has 0 amide bonds. The zero-order chi connectivity index (χ0) is 14.1. The first-order valence-corrected chi connectivity index (χ1v) is 6.13. The second-order valence-corrected chi connectivity index (χ2v) is 4.49. The molecule has 0 unspecified atom stereocenters. The number of methoxy groups -OCH3 is 1. The third-order valence-corrected chi connectivity index (χ3v) is 3.13. The van der Waals surface area contributed by atoms with Gasteiger partial charge < -0.3 is 4.74 Å². The Labute approximate surface area is 116 Å². The van der Waals surface area contributed by atoms with Crippen molar-refractivity contribution in [3.8, 4) is 23.2 Å². The lowest BCUT2D eigenvalue weighted by molar-refractivity contribution is 0.416. The third-order valence-electron chi connectivity index (χ3n) is 3.13. The zero-order valence-corrected chi connectivity index (χ0v) is 11.2. The van der Waals surface area contributed by atoms with Crippen LogP contribution >= 0.6 is 0 Å². The topological polar surface area (TPSA) is 63.2 Å². The van der Waals surface area contributed by atoms with Crippen molar-refractivity contribution in [3.63, 3.8) is 0 Å². The van der Waals surface area contributed by atoms with E-state index in [1.54, 1.807) is 29.8 Å². The largest absolute Gasteiger partial charge is 0.496 e. The maximum Gasteiger partial charge on any atom is 0.172 e. The third kappa shape index (κ3) is 1.88. The molecule has 98 valence electrons. The molecule has 0 aliphatic carbocycles. The molecule has 0 radical (unpaired) electrons. The van der Waals surface area contributed by atoms with E-state index < -0.39 is 0 Å². The maximum absolute atomic E-state index is 9.01. The Morgan fingerprint density at radius 1 is 1.20 bits per heavy atom. The summed E-state index contributed by atoms with van der Waals surface area (Å²) in [6, 6.07) is 11.5. The highest BCUT2D eigenvalue weighted by molar-refractivity contribution is 5.67. The van der Waals surface area contributed by atoms with Crippen LogP contribution < -0.4 is 4.74 Å². The predicted octanol–water partition coefficient (Wildman–Crippen LogP) is 2.58. The van der Waals surface area contributed by atoms with E-state index in [0.717, 1.165) is 16.9 Å². The number of ether oxygens (including phenoxy) is 1. The highest BCUT2D eigenvalue weighted by Gasteiger charge is 2.13. The van der Waals surface area contributed by atoms with E-state index in [2.05, 4.69) is 16.3 Å². The van der Waals surface area contributed by atoms with E-state index in [1.807, 2.05) is 25.1 Å². The number of pyridine rings is 1. The molecule has 3 rings (SSSR count). The summed E-state index contributed by atoms with van der Waals surface area (Å²) >= 11 is 0. The Morgan fingerprint density at radius 3 is 2.80 bits per heavy atom. The molecule has 0 fully saturated rings. The Morgan fingerprint density at radius 2 is 2.05 bits per heavy atom. The molecule has 20 heavy (non-hydrogen) atoms. The molecule has 3 aromatic rings. The predicted molar refractivity (Wildman–Crippen MR) is 74.4 cm³/mol. The first-order valence-electron chi connectivity index (χ1n) is 6.13. The van der Waals surface area contributed by atoms with E-state index in [0.29, 0.717) is 17.0 Å². The quantitative estimate of drug-likeness (QED) is 0.713. The molecule has 0 saturated heterocycles. The summed E-state index contributed by atoms with van der Waals surface area (Å²) in [6.45, 7) is 2.01. The highest BCUT2D eigenvalue weighted by atomic mass is 16.5. The van der Waals surface area contributed by atoms with Crippen LogP contribution in [-0.4, -0.2) is 21.7 Å². The van der Waals surface area contributed by atoms with Crippen LogP contribution in [0.4, 0.5) is 0 Å². The van der Waals surface area contributed by atoms with Crippen LogP contribution in [0.5, 0.6) is 5.75 Å². The SMILES string of the molecule is COc1ccc(C)cc1-c1nnc2ccc(C#N)cn12. The lowest BCUT2D eigenvalue weighted by Crippen LogP contribution is -1.94. The zero-order valence-electron chi connectivity index (χ0n) is 11.2. The van der Waals surface area contributed by atoms with E-state index in [9.17, 15) is 0 Å². The van der Waals surface area contributed by atoms with Gasteiger partial charge in [0.15, 0.2) is 11.5 Å². The molecule has 0 aliphatic heterocycles. The van der Waals surface area contributed by atoms with Crippen LogP contribution in [0.2, 0.25) is 0 Å². The Balaban J connectivity index is 2.29. The van der Waals surface area contributed by atoms with Crippen molar-refractivity contribution >= 4 is 5.65 Å². The van der Waals surface area contributed by atoms with Gasteiger partial charge in [0.05, 0.1) is 18.2 Å².